The number of aliphatic hydroxyl groups is 1. The maximum absolute atomic E-state index is 13.6. The van der Waals surface area contributed by atoms with E-state index >= 15 is 0 Å². The van der Waals surface area contributed by atoms with Gasteiger partial charge >= 0.3 is 6.18 Å². The number of nitrogens with zero attached hydrogens (tertiary/aromatic N) is 3. The van der Waals surface area contributed by atoms with Crippen LogP contribution in [0, 0.1) is 16.0 Å². The minimum atomic E-state index is -5.05. The molecule has 0 unspecified atom stereocenters. The number of non-ortho nitro benzene ring substituents is 1. The van der Waals surface area contributed by atoms with Crippen molar-refractivity contribution in [2.24, 2.45) is 11.0 Å². The lowest BCUT2D eigenvalue weighted by Gasteiger charge is -2.38. The molecule has 2 atom stereocenters. The Morgan fingerprint density at radius 2 is 2.00 bits per heavy atom. The van der Waals surface area contributed by atoms with Gasteiger partial charge in [0.15, 0.2) is 0 Å². The second-order valence-corrected chi connectivity index (χ2v) is 6.42. The highest BCUT2D eigenvalue weighted by molar-refractivity contribution is 5.93. The highest BCUT2D eigenvalue weighted by Crippen LogP contribution is 2.48. The molecule has 10 heteroatoms. The predicted octanol–water partition coefficient (Wildman–Crippen LogP) is 2.78. The molecule has 0 bridgehead atoms. The van der Waals surface area contributed by atoms with Gasteiger partial charge in [-0.25, -0.2) is 0 Å². The van der Waals surface area contributed by atoms with Gasteiger partial charge in [0.05, 0.1) is 17.3 Å². The van der Waals surface area contributed by atoms with Gasteiger partial charge in [-0.15, -0.1) is 0 Å². The van der Waals surface area contributed by atoms with Crippen LogP contribution < -0.4 is 0 Å². The summed E-state index contributed by atoms with van der Waals surface area (Å²) in [6.45, 7) is 0. The number of fused-ring (bicyclic) bond motifs is 1. The largest absolute Gasteiger partial charge is 0.439 e. The summed E-state index contributed by atoms with van der Waals surface area (Å²) < 4.78 is 40.8. The molecule has 1 aliphatic carbocycles. The van der Waals surface area contributed by atoms with Crippen molar-refractivity contribution >= 4 is 17.3 Å². The Balaban J connectivity index is 1.86. The number of rotatable bonds is 3. The van der Waals surface area contributed by atoms with Crippen LogP contribution in [-0.2, 0) is 11.2 Å². The topological polar surface area (TPSA) is 96.0 Å². The first kappa shape index (κ1) is 18.3. The number of nitro benzene ring substituents is 1. The van der Waals surface area contributed by atoms with E-state index in [1.54, 1.807) is 0 Å². The number of alkyl halides is 3. The van der Waals surface area contributed by atoms with Crippen molar-refractivity contribution < 1.29 is 28.0 Å². The van der Waals surface area contributed by atoms with Crippen LogP contribution in [0.1, 0.15) is 31.2 Å². The number of hydrogen-bond donors (Lipinski definition) is 1. The van der Waals surface area contributed by atoms with Gasteiger partial charge in [0.1, 0.15) is 0 Å². The van der Waals surface area contributed by atoms with Gasteiger partial charge in [0.25, 0.3) is 11.4 Å². The molecule has 0 radical (unpaired) electrons. The van der Waals surface area contributed by atoms with Crippen LogP contribution in [0.2, 0.25) is 0 Å². The number of nitro groups is 1. The van der Waals surface area contributed by atoms with Crippen molar-refractivity contribution in [2.75, 3.05) is 0 Å². The van der Waals surface area contributed by atoms with Crippen molar-refractivity contribution in [3.05, 3.63) is 39.9 Å². The fourth-order valence-corrected chi connectivity index (χ4v) is 3.45. The minimum absolute atomic E-state index is 0.107. The Labute approximate surface area is 146 Å². The fraction of sp³-hybridized carbons (Fsp3) is 0.500. The van der Waals surface area contributed by atoms with Gasteiger partial charge in [-0.3, -0.25) is 14.9 Å². The van der Waals surface area contributed by atoms with E-state index in [9.17, 15) is 33.2 Å². The molecule has 1 aromatic carbocycles. The molecule has 1 aliphatic heterocycles. The van der Waals surface area contributed by atoms with E-state index in [0.29, 0.717) is 24.8 Å². The summed E-state index contributed by atoms with van der Waals surface area (Å²) >= 11 is 0. The number of hydrazone groups is 1. The molecule has 1 fully saturated rings. The number of carbonyl (C=O) groups is 1. The van der Waals surface area contributed by atoms with Gasteiger partial charge in [0.2, 0.25) is 5.91 Å². The number of hydrogen-bond acceptors (Lipinski definition) is 5. The number of halogens is 3. The molecule has 1 aromatic rings. The van der Waals surface area contributed by atoms with Gasteiger partial charge in [-0.2, -0.15) is 23.3 Å². The second kappa shape index (κ2) is 6.35. The summed E-state index contributed by atoms with van der Waals surface area (Å²) in [5.74, 6) is -2.27. The van der Waals surface area contributed by atoms with Crippen LogP contribution in [0.15, 0.2) is 29.4 Å². The van der Waals surface area contributed by atoms with Crippen molar-refractivity contribution in [3.8, 4) is 0 Å². The lowest BCUT2D eigenvalue weighted by Crippen LogP contribution is -2.61. The SMILES string of the molecule is O=C(Cc1ccc([N+](=O)[O-])cc1)N1N=C2CCCC[C@H]2[C@@]1(O)C(F)(F)F. The first-order valence-corrected chi connectivity index (χ1v) is 8.07. The third kappa shape index (κ3) is 2.94. The molecule has 2 aliphatic rings. The Morgan fingerprint density at radius 3 is 2.58 bits per heavy atom. The molecule has 0 spiro atoms. The van der Waals surface area contributed by atoms with Crippen LogP contribution in [0.25, 0.3) is 0 Å². The molecule has 140 valence electrons. The van der Waals surface area contributed by atoms with E-state index in [0.717, 1.165) is 12.1 Å². The zero-order valence-corrected chi connectivity index (χ0v) is 13.6. The third-order valence-electron chi connectivity index (χ3n) is 4.77. The molecular formula is C16H16F3N3O4. The normalized spacial score (nSPS) is 25.6. The molecule has 1 N–H and O–H groups in total. The standard InChI is InChI=1S/C16H16F3N3O4/c17-16(18,19)15(24)12-3-1-2-4-13(12)20-21(15)14(23)9-10-5-7-11(8-6-10)22(25)26/h5-8,12,24H,1-4,9H2/t12-,15-/m1/s1. The van der Waals surface area contributed by atoms with E-state index in [2.05, 4.69) is 5.10 Å². The summed E-state index contributed by atoms with van der Waals surface area (Å²) in [4.78, 5) is 22.5. The Hall–Kier alpha value is -2.49. The van der Waals surface area contributed by atoms with E-state index in [1.807, 2.05) is 0 Å². The Morgan fingerprint density at radius 1 is 1.35 bits per heavy atom. The van der Waals surface area contributed by atoms with Crippen molar-refractivity contribution in [1.82, 2.24) is 5.01 Å². The molecule has 7 nitrogen and oxygen atoms in total. The second-order valence-electron chi connectivity index (χ2n) is 6.42. The summed E-state index contributed by atoms with van der Waals surface area (Å²) in [6.07, 6.45) is -3.91. The zero-order chi connectivity index (χ0) is 19.1. The van der Waals surface area contributed by atoms with Crippen LogP contribution in [0.4, 0.5) is 18.9 Å². The summed E-state index contributed by atoms with van der Waals surface area (Å²) in [7, 11) is 0. The molecule has 3 rings (SSSR count). The van der Waals surface area contributed by atoms with Crippen LogP contribution in [0.3, 0.4) is 0 Å². The van der Waals surface area contributed by atoms with E-state index in [1.165, 1.54) is 12.1 Å². The first-order chi connectivity index (χ1) is 12.1. The maximum Gasteiger partial charge on any atom is 0.439 e. The van der Waals surface area contributed by atoms with Crippen LogP contribution >= 0.6 is 0 Å². The predicted molar refractivity (Wildman–Crippen MR) is 84.0 cm³/mol. The molecule has 1 heterocycles. The minimum Gasteiger partial charge on any atom is -0.362 e. The van der Waals surface area contributed by atoms with E-state index in [4.69, 9.17) is 0 Å². The van der Waals surface area contributed by atoms with Crippen LogP contribution in [-0.4, -0.2) is 38.6 Å². The average molecular weight is 371 g/mol. The summed E-state index contributed by atoms with van der Waals surface area (Å²) in [5, 5.41) is 25.0. The Kier molecular flexibility index (Phi) is 4.47. The summed E-state index contributed by atoms with van der Waals surface area (Å²) in [5.41, 5.74) is -3.06. The average Bonchev–Trinajstić information content (AvgIpc) is 2.90. The van der Waals surface area contributed by atoms with E-state index < -0.39 is 35.1 Å². The van der Waals surface area contributed by atoms with Gasteiger partial charge in [-0.05, 0) is 24.8 Å². The molecule has 26 heavy (non-hydrogen) atoms. The molecule has 1 saturated carbocycles. The lowest BCUT2D eigenvalue weighted by atomic mass is 9.80. The quantitative estimate of drug-likeness (QED) is 0.653. The number of amides is 1. The van der Waals surface area contributed by atoms with Crippen molar-refractivity contribution in [2.45, 2.75) is 44.0 Å². The molecule has 0 aromatic heterocycles. The zero-order valence-electron chi connectivity index (χ0n) is 13.6. The smallest absolute Gasteiger partial charge is 0.362 e. The van der Waals surface area contributed by atoms with E-state index in [-0.39, 0.29) is 22.8 Å². The fourth-order valence-electron chi connectivity index (χ4n) is 3.45. The van der Waals surface area contributed by atoms with Crippen LogP contribution in [0.5, 0.6) is 0 Å². The molecule has 1 amide bonds. The van der Waals surface area contributed by atoms with Crippen molar-refractivity contribution in [3.63, 3.8) is 0 Å². The highest BCUT2D eigenvalue weighted by Gasteiger charge is 2.68. The molecule has 0 saturated heterocycles. The lowest BCUT2D eigenvalue weighted by molar-refractivity contribution is -0.384. The highest BCUT2D eigenvalue weighted by atomic mass is 19.4. The van der Waals surface area contributed by atoms with Gasteiger partial charge in [0, 0.05) is 17.8 Å². The maximum atomic E-state index is 13.6. The summed E-state index contributed by atoms with van der Waals surface area (Å²) in [6, 6.07) is 4.90. The number of carbonyl (C=O) groups excluding carboxylic acids is 1. The first-order valence-electron chi connectivity index (χ1n) is 8.07. The van der Waals surface area contributed by atoms with Gasteiger partial charge in [-0.1, -0.05) is 18.6 Å². The monoisotopic (exact) mass is 371 g/mol. The third-order valence-corrected chi connectivity index (χ3v) is 4.77. The van der Waals surface area contributed by atoms with Crippen molar-refractivity contribution in [1.29, 1.82) is 0 Å². The Bertz CT molecular complexity index is 763. The molecular weight excluding hydrogens is 355 g/mol. The van der Waals surface area contributed by atoms with Gasteiger partial charge < -0.3 is 5.11 Å². The number of benzene rings is 1.